The Morgan fingerprint density at radius 1 is 1.58 bits per heavy atom. The molecule has 1 aliphatic heterocycles. The highest BCUT2D eigenvalue weighted by Crippen LogP contribution is 2.38. The van der Waals surface area contributed by atoms with Gasteiger partial charge >= 0.3 is 5.97 Å². The maximum absolute atomic E-state index is 11.2. The summed E-state index contributed by atoms with van der Waals surface area (Å²) in [5.74, 6) is 0.327. The van der Waals surface area contributed by atoms with Crippen LogP contribution in [0.4, 0.5) is 0 Å². The molecule has 3 heteroatoms. The van der Waals surface area contributed by atoms with Crippen LogP contribution in [0.3, 0.4) is 0 Å². The van der Waals surface area contributed by atoms with Crippen LogP contribution in [-0.2, 0) is 9.63 Å². The predicted octanol–water partition coefficient (Wildman–Crippen LogP) is 1.65. The van der Waals surface area contributed by atoms with Crippen LogP contribution in [0.25, 0.3) is 0 Å². The van der Waals surface area contributed by atoms with Gasteiger partial charge in [0.25, 0.3) is 0 Å². The summed E-state index contributed by atoms with van der Waals surface area (Å²) in [4.78, 5) is 15.7. The molecule has 0 spiro atoms. The van der Waals surface area contributed by atoms with Crippen molar-refractivity contribution in [1.29, 1.82) is 0 Å². The molecule has 64 valence electrons. The number of carbonyl (C=O) groups excluding carboxylic acids is 1. The van der Waals surface area contributed by atoms with Crippen molar-refractivity contribution < 1.29 is 9.63 Å². The second-order valence-electron chi connectivity index (χ2n) is 3.39. The van der Waals surface area contributed by atoms with E-state index in [1.54, 1.807) is 0 Å². The molecule has 0 bridgehead atoms. The third kappa shape index (κ3) is 1.05. The predicted molar refractivity (Wildman–Crippen MR) is 44.6 cm³/mol. The number of rotatable bonds is 1. The first kappa shape index (κ1) is 7.53. The second kappa shape index (κ2) is 2.44. The molecule has 12 heavy (non-hydrogen) atoms. The molecule has 2 aliphatic rings. The fourth-order valence-electron chi connectivity index (χ4n) is 1.52. The van der Waals surface area contributed by atoms with Crippen LogP contribution >= 0.6 is 0 Å². The lowest BCUT2D eigenvalue weighted by molar-refractivity contribution is -0.136. The van der Waals surface area contributed by atoms with E-state index in [4.69, 9.17) is 0 Å². The Hall–Kier alpha value is -1.12. The average Bonchev–Trinajstić information content (AvgIpc) is 2.79. The molecule has 3 nitrogen and oxygen atoms in total. The lowest BCUT2D eigenvalue weighted by Crippen LogP contribution is -2.06. The van der Waals surface area contributed by atoms with Gasteiger partial charge in [0.15, 0.2) is 0 Å². The van der Waals surface area contributed by atoms with Crippen LogP contribution in [0.15, 0.2) is 16.3 Å². The summed E-state index contributed by atoms with van der Waals surface area (Å²) < 4.78 is 0. The van der Waals surface area contributed by atoms with E-state index in [9.17, 15) is 4.79 Å². The second-order valence-corrected chi connectivity index (χ2v) is 3.39. The summed E-state index contributed by atoms with van der Waals surface area (Å²) >= 11 is 0. The van der Waals surface area contributed by atoms with Crippen LogP contribution < -0.4 is 0 Å². The normalized spacial score (nSPS) is 26.8. The summed E-state index contributed by atoms with van der Waals surface area (Å²) in [7, 11) is 0. The van der Waals surface area contributed by atoms with Gasteiger partial charge in [0.2, 0.25) is 0 Å². The fourth-order valence-corrected chi connectivity index (χ4v) is 1.52. The molecule has 0 atom stereocenters. The Balaban J connectivity index is 2.36. The third-order valence-corrected chi connectivity index (χ3v) is 2.42. The Morgan fingerprint density at radius 2 is 2.25 bits per heavy atom. The topological polar surface area (TPSA) is 38.7 Å². The Kier molecular flexibility index (Phi) is 1.53. The number of hydrogen-bond donors (Lipinski definition) is 0. The zero-order valence-corrected chi connectivity index (χ0v) is 7.26. The van der Waals surface area contributed by atoms with Crippen molar-refractivity contribution in [2.24, 2.45) is 11.1 Å². The van der Waals surface area contributed by atoms with Crippen LogP contribution in [0.1, 0.15) is 26.7 Å². The maximum atomic E-state index is 11.2. The highest BCUT2D eigenvalue weighted by Gasteiger charge is 2.32. The van der Waals surface area contributed by atoms with Crippen molar-refractivity contribution in [3.63, 3.8) is 0 Å². The van der Waals surface area contributed by atoms with E-state index in [-0.39, 0.29) is 5.97 Å². The van der Waals surface area contributed by atoms with Gasteiger partial charge in [0, 0.05) is 0 Å². The number of nitrogens with zero attached hydrogens (tertiary/aromatic N) is 1. The molecule has 0 aromatic heterocycles. The Bertz CT molecular complexity index is 298. The first-order valence-electron chi connectivity index (χ1n) is 4.17. The van der Waals surface area contributed by atoms with Crippen molar-refractivity contribution >= 4 is 11.7 Å². The van der Waals surface area contributed by atoms with E-state index in [0.717, 1.165) is 11.3 Å². The zero-order valence-electron chi connectivity index (χ0n) is 7.26. The molecule has 0 amide bonds. The van der Waals surface area contributed by atoms with Crippen molar-refractivity contribution in [1.82, 2.24) is 0 Å². The fraction of sp³-hybridized carbons (Fsp3) is 0.556. The van der Waals surface area contributed by atoms with Gasteiger partial charge in [-0.05, 0) is 32.6 Å². The zero-order chi connectivity index (χ0) is 8.72. The van der Waals surface area contributed by atoms with Gasteiger partial charge in [-0.3, -0.25) is 0 Å². The summed E-state index contributed by atoms with van der Waals surface area (Å²) in [6, 6.07) is 0. The summed E-state index contributed by atoms with van der Waals surface area (Å²) in [5.41, 5.74) is 2.58. The van der Waals surface area contributed by atoms with Crippen LogP contribution in [0.5, 0.6) is 0 Å². The van der Waals surface area contributed by atoms with E-state index in [0.29, 0.717) is 11.5 Å². The molecule has 1 heterocycles. The summed E-state index contributed by atoms with van der Waals surface area (Å²) in [6.07, 6.45) is 2.41. The monoisotopic (exact) mass is 165 g/mol. The first-order chi connectivity index (χ1) is 5.70. The lowest BCUT2D eigenvalue weighted by Gasteiger charge is -1.99. The number of oxime groups is 1. The molecular formula is C9H11NO2. The first-order valence-corrected chi connectivity index (χ1v) is 4.17. The van der Waals surface area contributed by atoms with Gasteiger partial charge in [0.05, 0.1) is 11.3 Å². The molecule has 0 saturated heterocycles. The van der Waals surface area contributed by atoms with E-state index >= 15 is 0 Å². The highest BCUT2D eigenvalue weighted by atomic mass is 16.7. The van der Waals surface area contributed by atoms with Gasteiger partial charge in [-0.15, -0.1) is 0 Å². The largest absolute Gasteiger partial charge is 0.367 e. The Labute approximate surface area is 71.1 Å². The average molecular weight is 165 g/mol. The number of carbonyl (C=O) groups is 1. The molecule has 0 unspecified atom stereocenters. The molecule has 2 rings (SSSR count). The van der Waals surface area contributed by atoms with Gasteiger partial charge in [-0.25, -0.2) is 4.79 Å². The summed E-state index contributed by atoms with van der Waals surface area (Å²) in [5, 5.41) is 3.64. The van der Waals surface area contributed by atoms with Crippen LogP contribution in [-0.4, -0.2) is 11.7 Å². The minimum absolute atomic E-state index is 0.281. The van der Waals surface area contributed by atoms with Gasteiger partial charge in [0.1, 0.15) is 0 Å². The SMILES string of the molecule is CC1=NOC(=O)/C1=C(/C)C1CC1. The third-order valence-electron chi connectivity index (χ3n) is 2.42. The lowest BCUT2D eigenvalue weighted by atomic mass is 10.0. The van der Waals surface area contributed by atoms with E-state index < -0.39 is 0 Å². The molecule has 0 aromatic carbocycles. The minimum Gasteiger partial charge on any atom is -0.312 e. The van der Waals surface area contributed by atoms with Crippen LogP contribution in [0, 0.1) is 5.92 Å². The van der Waals surface area contributed by atoms with E-state index in [2.05, 4.69) is 9.99 Å². The standard InChI is InChI=1S/C9H11NO2/c1-5(7-3-4-7)8-6(2)10-12-9(8)11/h7H,3-4H2,1-2H3/b8-5-. The van der Waals surface area contributed by atoms with Gasteiger partial charge in [-0.2, -0.15) is 0 Å². The van der Waals surface area contributed by atoms with Gasteiger partial charge in [-0.1, -0.05) is 10.7 Å². The molecule has 0 radical (unpaired) electrons. The van der Waals surface area contributed by atoms with E-state index in [1.807, 2.05) is 13.8 Å². The molecule has 1 aliphatic carbocycles. The number of allylic oxidation sites excluding steroid dienone is 1. The maximum Gasteiger partial charge on any atom is 0.367 e. The quantitative estimate of drug-likeness (QED) is 0.437. The Morgan fingerprint density at radius 3 is 2.67 bits per heavy atom. The van der Waals surface area contributed by atoms with Crippen molar-refractivity contribution in [3.05, 3.63) is 11.1 Å². The van der Waals surface area contributed by atoms with Crippen LogP contribution in [0.2, 0.25) is 0 Å². The highest BCUT2D eigenvalue weighted by molar-refractivity contribution is 6.21. The van der Waals surface area contributed by atoms with E-state index in [1.165, 1.54) is 12.8 Å². The molecule has 0 aromatic rings. The summed E-state index contributed by atoms with van der Waals surface area (Å²) in [6.45, 7) is 3.81. The van der Waals surface area contributed by atoms with Gasteiger partial charge < -0.3 is 4.84 Å². The minimum atomic E-state index is -0.281. The number of hydrogen-bond acceptors (Lipinski definition) is 3. The smallest absolute Gasteiger partial charge is 0.312 e. The van der Waals surface area contributed by atoms with Crippen molar-refractivity contribution in [3.8, 4) is 0 Å². The molecule has 0 N–H and O–H groups in total. The molecule has 1 fully saturated rings. The van der Waals surface area contributed by atoms with Crippen molar-refractivity contribution in [2.75, 3.05) is 0 Å². The molecule has 1 saturated carbocycles. The van der Waals surface area contributed by atoms with Crippen molar-refractivity contribution in [2.45, 2.75) is 26.7 Å². The molecular weight excluding hydrogens is 154 g/mol.